The molecule has 0 aromatic heterocycles. The molecule has 1 aliphatic rings. The van der Waals surface area contributed by atoms with Gasteiger partial charge in [-0.2, -0.15) is 0 Å². The molecule has 1 unspecified atom stereocenters. The summed E-state index contributed by atoms with van der Waals surface area (Å²) < 4.78 is 11.1. The number of benzene rings is 2. The van der Waals surface area contributed by atoms with E-state index in [1.165, 1.54) is 0 Å². The minimum atomic E-state index is -0.917. The molecule has 0 aliphatic carbocycles. The first kappa shape index (κ1) is 15.7. The Balaban J connectivity index is 1.75. The Labute approximate surface area is 135 Å². The minimum absolute atomic E-state index is 0.309. The lowest BCUT2D eigenvalue weighted by Gasteiger charge is -2.12. The number of carboxylic acid groups (broad SMARTS) is 1. The van der Waals surface area contributed by atoms with E-state index in [-0.39, 0.29) is 0 Å². The van der Waals surface area contributed by atoms with Crippen molar-refractivity contribution in [3.05, 3.63) is 59.7 Å². The minimum Gasteiger partial charge on any atom is -0.478 e. The van der Waals surface area contributed by atoms with Crippen molar-refractivity contribution in [2.24, 2.45) is 5.92 Å². The van der Waals surface area contributed by atoms with Crippen LogP contribution in [0.5, 0.6) is 0 Å². The summed E-state index contributed by atoms with van der Waals surface area (Å²) in [5.41, 5.74) is 2.91. The Bertz CT molecular complexity index is 660. The molecule has 23 heavy (non-hydrogen) atoms. The lowest BCUT2D eigenvalue weighted by molar-refractivity contribution is 0.0696. The van der Waals surface area contributed by atoms with Crippen LogP contribution in [0.1, 0.15) is 22.3 Å². The molecule has 1 atom stereocenters. The van der Waals surface area contributed by atoms with Gasteiger partial charge in [0.05, 0.1) is 25.4 Å². The summed E-state index contributed by atoms with van der Waals surface area (Å²) in [6.07, 6.45) is 1.05. The molecule has 1 heterocycles. The summed E-state index contributed by atoms with van der Waals surface area (Å²) in [5.74, 6) is -0.443. The lowest BCUT2D eigenvalue weighted by atomic mass is 9.97. The number of carboxylic acids is 1. The van der Waals surface area contributed by atoms with E-state index in [9.17, 15) is 9.90 Å². The molecule has 120 valence electrons. The third-order valence-corrected chi connectivity index (χ3v) is 4.05. The van der Waals surface area contributed by atoms with Crippen LogP contribution in [0.4, 0.5) is 0 Å². The Morgan fingerprint density at radius 2 is 2.04 bits per heavy atom. The SMILES string of the molecule is O=C(O)c1ccc(COCC2CCOC2)cc1-c1ccccc1. The second-order valence-electron chi connectivity index (χ2n) is 5.80. The number of ether oxygens (including phenoxy) is 2. The van der Waals surface area contributed by atoms with Crippen molar-refractivity contribution in [3.63, 3.8) is 0 Å². The summed E-state index contributed by atoms with van der Waals surface area (Å²) in [6.45, 7) is 2.75. The normalized spacial score (nSPS) is 17.3. The number of hydrogen-bond acceptors (Lipinski definition) is 3. The van der Waals surface area contributed by atoms with E-state index in [2.05, 4.69) is 0 Å². The Kier molecular flexibility index (Phi) is 5.05. The van der Waals surface area contributed by atoms with Crippen molar-refractivity contribution < 1.29 is 19.4 Å². The Morgan fingerprint density at radius 3 is 2.74 bits per heavy atom. The van der Waals surface area contributed by atoms with Crippen LogP contribution in [0.2, 0.25) is 0 Å². The maximum Gasteiger partial charge on any atom is 0.336 e. The van der Waals surface area contributed by atoms with E-state index < -0.39 is 5.97 Å². The fourth-order valence-electron chi connectivity index (χ4n) is 2.78. The summed E-state index contributed by atoms with van der Waals surface area (Å²) in [7, 11) is 0. The number of carbonyl (C=O) groups is 1. The molecule has 0 radical (unpaired) electrons. The maximum atomic E-state index is 11.4. The summed E-state index contributed by atoms with van der Waals surface area (Å²) >= 11 is 0. The summed E-state index contributed by atoms with van der Waals surface area (Å²) in [5, 5.41) is 9.39. The van der Waals surface area contributed by atoms with Crippen molar-refractivity contribution in [2.45, 2.75) is 13.0 Å². The highest BCUT2D eigenvalue weighted by Crippen LogP contribution is 2.25. The highest BCUT2D eigenvalue weighted by Gasteiger charge is 2.16. The van der Waals surface area contributed by atoms with Gasteiger partial charge in [-0.1, -0.05) is 36.4 Å². The zero-order chi connectivity index (χ0) is 16.1. The average Bonchev–Trinajstić information content (AvgIpc) is 3.09. The molecule has 2 aromatic carbocycles. The predicted octanol–water partition coefficient (Wildman–Crippen LogP) is 3.60. The van der Waals surface area contributed by atoms with Crippen LogP contribution >= 0.6 is 0 Å². The van der Waals surface area contributed by atoms with Gasteiger partial charge >= 0.3 is 5.97 Å². The van der Waals surface area contributed by atoms with Gasteiger partial charge in [-0.15, -0.1) is 0 Å². The Hall–Kier alpha value is -2.17. The van der Waals surface area contributed by atoms with E-state index in [0.717, 1.165) is 36.3 Å². The monoisotopic (exact) mass is 312 g/mol. The first-order chi connectivity index (χ1) is 11.2. The zero-order valence-electron chi connectivity index (χ0n) is 12.9. The van der Waals surface area contributed by atoms with Gasteiger partial charge in [-0.05, 0) is 35.2 Å². The van der Waals surface area contributed by atoms with Crippen molar-refractivity contribution in [2.75, 3.05) is 19.8 Å². The topological polar surface area (TPSA) is 55.8 Å². The molecule has 1 N–H and O–H groups in total. The van der Waals surface area contributed by atoms with Crippen molar-refractivity contribution in [1.29, 1.82) is 0 Å². The average molecular weight is 312 g/mol. The van der Waals surface area contributed by atoms with Gasteiger partial charge in [0.15, 0.2) is 0 Å². The van der Waals surface area contributed by atoms with Crippen molar-refractivity contribution in [3.8, 4) is 11.1 Å². The second kappa shape index (κ2) is 7.40. The molecular formula is C19H20O4. The van der Waals surface area contributed by atoms with Crippen LogP contribution < -0.4 is 0 Å². The highest BCUT2D eigenvalue weighted by atomic mass is 16.5. The molecule has 1 aliphatic heterocycles. The van der Waals surface area contributed by atoms with Gasteiger partial charge in [-0.3, -0.25) is 0 Å². The summed E-state index contributed by atoms with van der Waals surface area (Å²) in [6, 6.07) is 15.0. The third kappa shape index (κ3) is 3.97. The van der Waals surface area contributed by atoms with Gasteiger partial charge in [0.2, 0.25) is 0 Å². The Morgan fingerprint density at radius 1 is 1.22 bits per heavy atom. The number of aromatic carboxylic acids is 1. The van der Waals surface area contributed by atoms with E-state index in [1.54, 1.807) is 6.07 Å². The molecule has 2 aromatic rings. The molecule has 4 nitrogen and oxygen atoms in total. The van der Waals surface area contributed by atoms with Crippen molar-refractivity contribution >= 4 is 5.97 Å². The van der Waals surface area contributed by atoms with Gasteiger partial charge in [0.25, 0.3) is 0 Å². The first-order valence-corrected chi connectivity index (χ1v) is 7.81. The maximum absolute atomic E-state index is 11.4. The third-order valence-electron chi connectivity index (χ3n) is 4.05. The fourth-order valence-corrected chi connectivity index (χ4v) is 2.78. The fraction of sp³-hybridized carbons (Fsp3) is 0.316. The molecule has 0 bridgehead atoms. The molecule has 0 amide bonds. The first-order valence-electron chi connectivity index (χ1n) is 7.81. The zero-order valence-corrected chi connectivity index (χ0v) is 12.9. The van der Waals surface area contributed by atoms with E-state index in [1.807, 2.05) is 42.5 Å². The quantitative estimate of drug-likeness (QED) is 0.885. The molecule has 0 saturated carbocycles. The highest BCUT2D eigenvalue weighted by molar-refractivity contribution is 5.96. The number of rotatable bonds is 6. The van der Waals surface area contributed by atoms with Gasteiger partial charge in [0.1, 0.15) is 0 Å². The van der Waals surface area contributed by atoms with Crippen LogP contribution in [-0.2, 0) is 16.1 Å². The smallest absolute Gasteiger partial charge is 0.336 e. The largest absolute Gasteiger partial charge is 0.478 e. The lowest BCUT2D eigenvalue weighted by Crippen LogP contribution is -2.09. The molecule has 3 rings (SSSR count). The molecule has 0 spiro atoms. The van der Waals surface area contributed by atoms with Gasteiger partial charge < -0.3 is 14.6 Å². The van der Waals surface area contributed by atoms with E-state index >= 15 is 0 Å². The van der Waals surface area contributed by atoms with Crippen LogP contribution in [-0.4, -0.2) is 30.9 Å². The van der Waals surface area contributed by atoms with E-state index in [0.29, 0.717) is 24.7 Å². The van der Waals surface area contributed by atoms with Crippen LogP contribution in [0, 0.1) is 5.92 Å². The van der Waals surface area contributed by atoms with Gasteiger partial charge in [-0.25, -0.2) is 4.79 Å². The molecule has 1 fully saturated rings. The molecular weight excluding hydrogens is 292 g/mol. The van der Waals surface area contributed by atoms with Crippen LogP contribution in [0.25, 0.3) is 11.1 Å². The van der Waals surface area contributed by atoms with Crippen molar-refractivity contribution in [1.82, 2.24) is 0 Å². The van der Waals surface area contributed by atoms with Crippen LogP contribution in [0.3, 0.4) is 0 Å². The standard InChI is InChI=1S/C19H20O4/c20-19(21)17-7-6-14(11-23-13-15-8-9-22-12-15)10-18(17)16-4-2-1-3-5-16/h1-7,10,15H,8-9,11-13H2,(H,20,21). The van der Waals surface area contributed by atoms with E-state index in [4.69, 9.17) is 9.47 Å². The molecule has 4 heteroatoms. The van der Waals surface area contributed by atoms with Crippen LogP contribution in [0.15, 0.2) is 48.5 Å². The second-order valence-corrected chi connectivity index (χ2v) is 5.80. The van der Waals surface area contributed by atoms with Gasteiger partial charge in [0, 0.05) is 12.5 Å². The number of hydrogen-bond donors (Lipinski definition) is 1. The predicted molar refractivity (Wildman–Crippen MR) is 87.4 cm³/mol. The summed E-state index contributed by atoms with van der Waals surface area (Å²) in [4.78, 5) is 11.4. The molecule has 1 saturated heterocycles.